The van der Waals surface area contributed by atoms with Gasteiger partial charge in [-0.1, -0.05) is 18.2 Å². The van der Waals surface area contributed by atoms with Crippen LogP contribution in [0.5, 0.6) is 0 Å². The summed E-state index contributed by atoms with van der Waals surface area (Å²) in [6.45, 7) is 0. The summed E-state index contributed by atoms with van der Waals surface area (Å²) in [7, 11) is 3.96. The van der Waals surface area contributed by atoms with E-state index in [9.17, 15) is 0 Å². The van der Waals surface area contributed by atoms with E-state index >= 15 is 0 Å². The van der Waals surface area contributed by atoms with Gasteiger partial charge in [0, 0.05) is 12.7 Å². The number of aryl methyl sites for hydroxylation is 1. The Morgan fingerprint density at radius 3 is 2.70 bits per heavy atom. The number of benzene rings is 2. The fraction of sp³-hybridized carbons (Fsp3) is 0.188. The molecular formula is C16H18N4. The van der Waals surface area contributed by atoms with Crippen molar-refractivity contribution in [1.29, 1.82) is 0 Å². The van der Waals surface area contributed by atoms with Crippen LogP contribution in [0.3, 0.4) is 0 Å². The van der Waals surface area contributed by atoms with E-state index in [1.165, 1.54) is 5.56 Å². The zero-order valence-electron chi connectivity index (χ0n) is 11.7. The lowest BCUT2D eigenvalue weighted by atomic mass is 9.98. The van der Waals surface area contributed by atoms with Crippen molar-refractivity contribution in [3.05, 3.63) is 59.9 Å². The summed E-state index contributed by atoms with van der Waals surface area (Å²) < 4.78 is 2.02. The lowest BCUT2D eigenvalue weighted by Gasteiger charge is -2.17. The number of hydrogen-bond donors (Lipinski definition) is 2. The summed E-state index contributed by atoms with van der Waals surface area (Å²) in [4.78, 5) is 4.42. The van der Waals surface area contributed by atoms with Crippen molar-refractivity contribution in [2.75, 3.05) is 12.8 Å². The van der Waals surface area contributed by atoms with Crippen molar-refractivity contribution in [1.82, 2.24) is 14.9 Å². The van der Waals surface area contributed by atoms with Crippen molar-refractivity contribution in [3.8, 4) is 0 Å². The molecule has 20 heavy (non-hydrogen) atoms. The van der Waals surface area contributed by atoms with Gasteiger partial charge < -0.3 is 15.6 Å². The number of rotatable bonds is 3. The maximum Gasteiger partial charge on any atom is 0.0955 e. The first-order chi connectivity index (χ1) is 9.69. The van der Waals surface area contributed by atoms with E-state index in [2.05, 4.69) is 34.6 Å². The van der Waals surface area contributed by atoms with Gasteiger partial charge in [0.1, 0.15) is 0 Å². The number of nitrogens with one attached hydrogen (secondary N) is 1. The van der Waals surface area contributed by atoms with Crippen LogP contribution >= 0.6 is 0 Å². The number of nitrogen functional groups attached to an aromatic ring is 1. The third kappa shape index (κ3) is 2.14. The summed E-state index contributed by atoms with van der Waals surface area (Å²) in [5.74, 6) is 0. The second-order valence-electron chi connectivity index (χ2n) is 5.00. The molecule has 1 aromatic heterocycles. The first-order valence-corrected chi connectivity index (χ1v) is 6.62. The molecule has 4 heteroatoms. The topological polar surface area (TPSA) is 55.9 Å². The third-order valence-electron chi connectivity index (χ3n) is 3.62. The fourth-order valence-corrected chi connectivity index (χ4v) is 2.60. The molecule has 3 N–H and O–H groups in total. The highest BCUT2D eigenvalue weighted by Crippen LogP contribution is 2.25. The molecule has 3 aromatic rings. The zero-order chi connectivity index (χ0) is 14.1. The summed E-state index contributed by atoms with van der Waals surface area (Å²) >= 11 is 0. The second kappa shape index (κ2) is 4.98. The van der Waals surface area contributed by atoms with Crippen LogP contribution in [0.1, 0.15) is 17.2 Å². The fourth-order valence-electron chi connectivity index (χ4n) is 2.60. The average molecular weight is 266 g/mol. The van der Waals surface area contributed by atoms with Gasteiger partial charge in [-0.3, -0.25) is 0 Å². The molecule has 0 saturated carbocycles. The van der Waals surface area contributed by atoms with E-state index in [-0.39, 0.29) is 6.04 Å². The highest BCUT2D eigenvalue weighted by atomic mass is 15.0. The quantitative estimate of drug-likeness (QED) is 0.716. The van der Waals surface area contributed by atoms with Crippen molar-refractivity contribution in [2.24, 2.45) is 7.05 Å². The molecule has 0 fully saturated rings. The smallest absolute Gasteiger partial charge is 0.0955 e. The van der Waals surface area contributed by atoms with Crippen LogP contribution in [0.25, 0.3) is 11.0 Å². The minimum Gasteiger partial charge on any atom is -0.399 e. The molecule has 1 heterocycles. The monoisotopic (exact) mass is 266 g/mol. The molecule has 3 rings (SSSR count). The SMILES string of the molecule is CNC(c1cccc(N)c1)c1ccc2c(c1)ncn2C. The summed E-state index contributed by atoms with van der Waals surface area (Å²) in [5, 5.41) is 3.34. The van der Waals surface area contributed by atoms with E-state index in [1.54, 1.807) is 0 Å². The minimum absolute atomic E-state index is 0.116. The Labute approximate surface area is 118 Å². The maximum absolute atomic E-state index is 5.88. The Bertz CT molecular complexity index is 745. The highest BCUT2D eigenvalue weighted by Gasteiger charge is 2.13. The van der Waals surface area contributed by atoms with Crippen LogP contribution < -0.4 is 11.1 Å². The Hall–Kier alpha value is -2.33. The number of nitrogens with zero attached hydrogens (tertiary/aromatic N) is 2. The van der Waals surface area contributed by atoms with Crippen LogP contribution in [0.2, 0.25) is 0 Å². The van der Waals surface area contributed by atoms with E-state index in [0.717, 1.165) is 22.3 Å². The number of imidazole rings is 1. The summed E-state index contributed by atoms with van der Waals surface area (Å²) in [6.07, 6.45) is 1.84. The van der Waals surface area contributed by atoms with E-state index < -0.39 is 0 Å². The molecule has 0 aliphatic rings. The molecule has 0 bridgehead atoms. The molecule has 0 radical (unpaired) electrons. The van der Waals surface area contributed by atoms with E-state index in [1.807, 2.05) is 43.2 Å². The lowest BCUT2D eigenvalue weighted by molar-refractivity contribution is 0.693. The molecule has 0 aliphatic heterocycles. The second-order valence-corrected chi connectivity index (χ2v) is 5.00. The van der Waals surface area contributed by atoms with Gasteiger partial charge in [0.2, 0.25) is 0 Å². The molecule has 4 nitrogen and oxygen atoms in total. The Morgan fingerprint density at radius 2 is 1.95 bits per heavy atom. The number of aromatic nitrogens is 2. The molecule has 0 saturated heterocycles. The normalized spacial score (nSPS) is 12.7. The number of hydrogen-bond acceptors (Lipinski definition) is 3. The number of nitrogens with two attached hydrogens (primary N) is 1. The van der Waals surface area contributed by atoms with Gasteiger partial charge in [-0.25, -0.2) is 4.98 Å². The van der Waals surface area contributed by atoms with Gasteiger partial charge in [-0.2, -0.15) is 0 Å². The lowest BCUT2D eigenvalue weighted by Crippen LogP contribution is -2.17. The predicted octanol–water partition coefficient (Wildman–Crippen LogP) is 2.46. The standard InChI is InChI=1S/C16H18N4/c1-18-16(11-4-3-5-13(17)8-11)12-6-7-15-14(9-12)19-10-20(15)2/h3-10,16,18H,17H2,1-2H3. The van der Waals surface area contributed by atoms with Gasteiger partial charge in [0.25, 0.3) is 0 Å². The molecule has 2 aromatic carbocycles. The van der Waals surface area contributed by atoms with E-state index in [4.69, 9.17) is 5.73 Å². The van der Waals surface area contributed by atoms with Crippen LogP contribution in [-0.4, -0.2) is 16.6 Å². The van der Waals surface area contributed by atoms with Gasteiger partial charge in [0.05, 0.1) is 23.4 Å². The van der Waals surface area contributed by atoms with Crippen molar-refractivity contribution in [3.63, 3.8) is 0 Å². The van der Waals surface area contributed by atoms with Crippen molar-refractivity contribution < 1.29 is 0 Å². The van der Waals surface area contributed by atoms with Crippen LogP contribution in [0.4, 0.5) is 5.69 Å². The Kier molecular flexibility index (Phi) is 3.16. The third-order valence-corrected chi connectivity index (χ3v) is 3.62. The van der Waals surface area contributed by atoms with Crippen LogP contribution in [0.15, 0.2) is 48.8 Å². The van der Waals surface area contributed by atoms with Crippen molar-refractivity contribution >= 4 is 16.7 Å². The van der Waals surface area contributed by atoms with E-state index in [0.29, 0.717) is 0 Å². The largest absolute Gasteiger partial charge is 0.399 e. The number of anilines is 1. The maximum atomic E-state index is 5.88. The predicted molar refractivity (Wildman–Crippen MR) is 82.5 cm³/mol. The molecule has 0 spiro atoms. The minimum atomic E-state index is 0.116. The molecular weight excluding hydrogens is 248 g/mol. The molecule has 0 aliphatic carbocycles. The van der Waals surface area contributed by atoms with Gasteiger partial charge in [0.15, 0.2) is 0 Å². The molecule has 1 unspecified atom stereocenters. The van der Waals surface area contributed by atoms with Gasteiger partial charge in [-0.05, 0) is 42.4 Å². The first kappa shape index (κ1) is 12.7. The highest BCUT2D eigenvalue weighted by molar-refractivity contribution is 5.76. The first-order valence-electron chi connectivity index (χ1n) is 6.62. The van der Waals surface area contributed by atoms with Crippen molar-refractivity contribution in [2.45, 2.75) is 6.04 Å². The van der Waals surface area contributed by atoms with Crippen LogP contribution in [0, 0.1) is 0 Å². The van der Waals surface area contributed by atoms with Gasteiger partial charge >= 0.3 is 0 Å². The Balaban J connectivity index is 2.06. The number of fused-ring (bicyclic) bond motifs is 1. The summed E-state index contributed by atoms with van der Waals surface area (Å²) in [5.41, 5.74) is 11.1. The molecule has 102 valence electrons. The van der Waals surface area contributed by atoms with Crippen LogP contribution in [-0.2, 0) is 7.05 Å². The molecule has 0 amide bonds. The zero-order valence-corrected chi connectivity index (χ0v) is 11.7. The Morgan fingerprint density at radius 1 is 1.15 bits per heavy atom. The van der Waals surface area contributed by atoms with Gasteiger partial charge in [-0.15, -0.1) is 0 Å². The average Bonchev–Trinajstić information content (AvgIpc) is 2.81. The molecule has 1 atom stereocenters. The summed E-state index contributed by atoms with van der Waals surface area (Å²) in [6, 6.07) is 14.4.